The van der Waals surface area contributed by atoms with Crippen molar-refractivity contribution in [2.24, 2.45) is 0 Å². The van der Waals surface area contributed by atoms with Crippen LogP contribution in [0.2, 0.25) is 0 Å². The van der Waals surface area contributed by atoms with E-state index in [9.17, 15) is 13.2 Å². The number of Topliss-reactive ketones (excluding diaryl/α,β-unsaturated/α-hetero) is 1. The maximum absolute atomic E-state index is 12.2. The predicted molar refractivity (Wildman–Crippen MR) is 81.9 cm³/mol. The van der Waals surface area contributed by atoms with Crippen molar-refractivity contribution < 1.29 is 13.2 Å². The predicted octanol–water partition coefficient (Wildman–Crippen LogP) is 2.46. The number of sulfonamides is 1. The molecule has 110 valence electrons. The number of carbonyl (C=O) groups excluding carboxylic acids is 1. The fourth-order valence-corrected chi connectivity index (χ4v) is 3.27. The fourth-order valence-electron chi connectivity index (χ4n) is 2.07. The van der Waals surface area contributed by atoms with Gasteiger partial charge < -0.3 is 0 Å². The molecule has 0 unspecified atom stereocenters. The number of rotatable bonds is 5. The molecule has 2 rings (SSSR count). The standard InChI is InChI=1S/C16H17NO3S/c1-12-8-9-16(13(2)10-12)21(19,20)17-11-15(18)14-6-4-3-5-7-14/h3-10,17H,11H2,1-2H3. The summed E-state index contributed by atoms with van der Waals surface area (Å²) >= 11 is 0. The van der Waals surface area contributed by atoms with E-state index in [0.717, 1.165) is 5.56 Å². The third kappa shape index (κ3) is 3.77. The highest BCUT2D eigenvalue weighted by molar-refractivity contribution is 7.89. The van der Waals surface area contributed by atoms with Gasteiger partial charge in [0, 0.05) is 5.56 Å². The minimum absolute atomic E-state index is 0.203. The molecule has 0 atom stereocenters. The lowest BCUT2D eigenvalue weighted by Crippen LogP contribution is -2.30. The molecule has 0 saturated carbocycles. The summed E-state index contributed by atoms with van der Waals surface area (Å²) in [5, 5.41) is 0. The van der Waals surface area contributed by atoms with E-state index in [4.69, 9.17) is 0 Å². The van der Waals surface area contributed by atoms with Gasteiger partial charge in [0.2, 0.25) is 10.0 Å². The molecule has 0 bridgehead atoms. The van der Waals surface area contributed by atoms with Gasteiger partial charge in [0.25, 0.3) is 0 Å². The Kier molecular flexibility index (Phi) is 4.55. The summed E-state index contributed by atoms with van der Waals surface area (Å²) in [5.41, 5.74) is 2.14. The molecule has 0 aliphatic heterocycles. The van der Waals surface area contributed by atoms with Crippen molar-refractivity contribution in [1.29, 1.82) is 0 Å². The van der Waals surface area contributed by atoms with E-state index < -0.39 is 10.0 Å². The van der Waals surface area contributed by atoms with Gasteiger partial charge in [-0.15, -0.1) is 0 Å². The second-order valence-corrected chi connectivity index (χ2v) is 6.62. The quantitative estimate of drug-likeness (QED) is 0.863. The second-order valence-electron chi connectivity index (χ2n) is 4.88. The highest BCUT2D eigenvalue weighted by Crippen LogP contribution is 2.16. The zero-order valence-electron chi connectivity index (χ0n) is 12.0. The third-order valence-electron chi connectivity index (χ3n) is 3.14. The van der Waals surface area contributed by atoms with Crippen LogP contribution in [0.4, 0.5) is 0 Å². The molecule has 0 aliphatic rings. The molecule has 0 amide bonds. The normalized spacial score (nSPS) is 11.3. The van der Waals surface area contributed by atoms with Crippen molar-refractivity contribution in [3.8, 4) is 0 Å². The molecule has 2 aromatic carbocycles. The molecule has 0 heterocycles. The number of aryl methyl sites for hydroxylation is 2. The molecule has 0 radical (unpaired) electrons. The van der Waals surface area contributed by atoms with Crippen molar-refractivity contribution in [2.45, 2.75) is 18.7 Å². The largest absolute Gasteiger partial charge is 0.293 e. The Hall–Kier alpha value is -1.98. The maximum atomic E-state index is 12.2. The first-order valence-corrected chi connectivity index (χ1v) is 8.03. The summed E-state index contributed by atoms with van der Waals surface area (Å²) in [4.78, 5) is 12.1. The van der Waals surface area contributed by atoms with Gasteiger partial charge in [0.1, 0.15) is 0 Å². The first-order valence-electron chi connectivity index (χ1n) is 6.55. The molecule has 0 spiro atoms. The third-order valence-corrected chi connectivity index (χ3v) is 4.70. The van der Waals surface area contributed by atoms with Gasteiger partial charge in [-0.25, -0.2) is 13.1 Å². The van der Waals surface area contributed by atoms with Crippen LogP contribution >= 0.6 is 0 Å². The van der Waals surface area contributed by atoms with Gasteiger partial charge in [-0.2, -0.15) is 0 Å². The van der Waals surface area contributed by atoms with Crippen LogP contribution in [0.5, 0.6) is 0 Å². The van der Waals surface area contributed by atoms with Gasteiger partial charge in [-0.05, 0) is 25.5 Å². The molecular weight excluding hydrogens is 286 g/mol. The number of hydrogen-bond acceptors (Lipinski definition) is 3. The monoisotopic (exact) mass is 303 g/mol. The van der Waals surface area contributed by atoms with Gasteiger partial charge in [0.15, 0.2) is 5.78 Å². The van der Waals surface area contributed by atoms with Crippen LogP contribution in [-0.4, -0.2) is 20.7 Å². The van der Waals surface area contributed by atoms with E-state index in [1.54, 1.807) is 55.5 Å². The van der Waals surface area contributed by atoms with Gasteiger partial charge in [-0.3, -0.25) is 4.79 Å². The molecule has 0 aliphatic carbocycles. The van der Waals surface area contributed by atoms with Crippen molar-refractivity contribution in [3.63, 3.8) is 0 Å². The minimum atomic E-state index is -3.68. The Morgan fingerprint density at radius 1 is 1.05 bits per heavy atom. The van der Waals surface area contributed by atoms with Crippen molar-refractivity contribution in [2.75, 3.05) is 6.54 Å². The van der Waals surface area contributed by atoms with Crippen LogP contribution in [0.1, 0.15) is 21.5 Å². The Labute approximate surface area is 124 Å². The number of carbonyl (C=O) groups is 1. The van der Waals surface area contributed by atoms with Gasteiger partial charge in [0.05, 0.1) is 11.4 Å². The Morgan fingerprint density at radius 3 is 2.33 bits per heavy atom. The van der Waals surface area contributed by atoms with E-state index in [2.05, 4.69) is 4.72 Å². The molecule has 0 aromatic heterocycles. The van der Waals surface area contributed by atoms with E-state index in [1.807, 2.05) is 6.92 Å². The highest BCUT2D eigenvalue weighted by atomic mass is 32.2. The number of benzene rings is 2. The molecule has 21 heavy (non-hydrogen) atoms. The molecule has 2 aromatic rings. The van der Waals surface area contributed by atoms with Crippen molar-refractivity contribution in [1.82, 2.24) is 4.72 Å². The van der Waals surface area contributed by atoms with Crippen LogP contribution < -0.4 is 4.72 Å². The van der Waals surface area contributed by atoms with Gasteiger partial charge >= 0.3 is 0 Å². The lowest BCUT2D eigenvalue weighted by atomic mass is 10.1. The van der Waals surface area contributed by atoms with Crippen LogP contribution in [0.25, 0.3) is 0 Å². The summed E-state index contributed by atoms with van der Waals surface area (Å²) in [6, 6.07) is 13.7. The minimum Gasteiger partial charge on any atom is -0.293 e. The molecule has 5 heteroatoms. The molecule has 0 fully saturated rings. The van der Waals surface area contributed by atoms with E-state index in [1.165, 1.54) is 0 Å². The van der Waals surface area contributed by atoms with Crippen LogP contribution in [0.3, 0.4) is 0 Å². The van der Waals surface area contributed by atoms with E-state index in [0.29, 0.717) is 11.1 Å². The zero-order chi connectivity index (χ0) is 15.5. The SMILES string of the molecule is Cc1ccc(S(=O)(=O)NCC(=O)c2ccccc2)c(C)c1. The summed E-state index contributed by atoms with van der Waals surface area (Å²) in [5.74, 6) is -0.260. The molecule has 4 nitrogen and oxygen atoms in total. The average molecular weight is 303 g/mol. The van der Waals surface area contributed by atoms with Crippen molar-refractivity contribution in [3.05, 3.63) is 65.2 Å². The number of nitrogens with one attached hydrogen (secondary N) is 1. The first-order chi connectivity index (χ1) is 9.90. The topological polar surface area (TPSA) is 63.2 Å². The summed E-state index contributed by atoms with van der Waals surface area (Å²) < 4.78 is 26.8. The number of hydrogen-bond donors (Lipinski definition) is 1. The molecule has 1 N–H and O–H groups in total. The average Bonchev–Trinajstić information content (AvgIpc) is 2.45. The molecule has 0 saturated heterocycles. The van der Waals surface area contributed by atoms with Crippen molar-refractivity contribution >= 4 is 15.8 Å². The Morgan fingerprint density at radius 2 is 1.71 bits per heavy atom. The summed E-state index contributed by atoms with van der Waals surface area (Å²) in [6.07, 6.45) is 0. The highest BCUT2D eigenvalue weighted by Gasteiger charge is 2.18. The fraction of sp³-hybridized carbons (Fsp3) is 0.188. The first kappa shape index (κ1) is 15.4. The second kappa shape index (κ2) is 6.20. The van der Waals surface area contributed by atoms with Crippen LogP contribution in [0, 0.1) is 13.8 Å². The van der Waals surface area contributed by atoms with Gasteiger partial charge in [-0.1, -0.05) is 48.0 Å². The van der Waals surface area contributed by atoms with Crippen LogP contribution in [0.15, 0.2) is 53.4 Å². The Balaban J connectivity index is 2.13. The smallest absolute Gasteiger partial charge is 0.241 e. The zero-order valence-corrected chi connectivity index (χ0v) is 12.8. The number of ketones is 1. The lowest BCUT2D eigenvalue weighted by molar-refractivity contribution is 0.0997. The van der Waals surface area contributed by atoms with E-state index >= 15 is 0 Å². The summed E-state index contributed by atoms with van der Waals surface area (Å²) in [7, 11) is -3.68. The van der Waals surface area contributed by atoms with Crippen LogP contribution in [-0.2, 0) is 10.0 Å². The summed E-state index contributed by atoms with van der Waals surface area (Å²) in [6.45, 7) is 3.38. The maximum Gasteiger partial charge on any atom is 0.241 e. The Bertz CT molecular complexity index is 752. The molecular formula is C16H17NO3S. The van der Waals surface area contributed by atoms with E-state index in [-0.39, 0.29) is 17.2 Å². The lowest BCUT2D eigenvalue weighted by Gasteiger charge is -2.09.